The Bertz CT molecular complexity index is 1100. The second-order valence-electron chi connectivity index (χ2n) is 8.28. The normalized spacial score (nSPS) is 21.5. The lowest BCUT2D eigenvalue weighted by molar-refractivity contribution is 0.0656. The fraction of sp³-hybridized carbons (Fsp3) is 0.429. The monoisotopic (exact) mass is 475 g/mol. The SMILES string of the molecule is COC(=O)N1CCC2(C1)CN(C(=O)Nc1ncc(C(=O)N3CCC3)s1)c1ccc(Cl)cc12. The molecule has 32 heavy (non-hydrogen) atoms. The Kier molecular flexibility index (Phi) is 5.21. The molecular formula is C21H22ClN5O4S. The smallest absolute Gasteiger partial charge is 0.409 e. The van der Waals surface area contributed by atoms with Crippen molar-refractivity contribution in [1.82, 2.24) is 14.8 Å². The molecule has 0 aliphatic carbocycles. The summed E-state index contributed by atoms with van der Waals surface area (Å²) in [4.78, 5) is 47.4. The standard InChI is InChI=1S/C21H22ClN5O4S/c1-31-20(30)26-8-5-21(11-26)12-27(15-4-3-13(22)9-14(15)21)19(29)24-18-23-10-16(32-18)17(28)25-6-2-7-25/h3-4,9-10H,2,5-8,11-12H2,1H3,(H,23,24,29). The second kappa shape index (κ2) is 7.93. The van der Waals surface area contributed by atoms with E-state index < -0.39 is 5.41 Å². The Morgan fingerprint density at radius 3 is 2.72 bits per heavy atom. The number of thiazole rings is 1. The van der Waals surface area contributed by atoms with Crippen LogP contribution >= 0.6 is 22.9 Å². The topological polar surface area (TPSA) is 95.1 Å². The number of rotatable bonds is 2. The number of hydrogen-bond donors (Lipinski definition) is 1. The maximum atomic E-state index is 13.2. The fourth-order valence-corrected chi connectivity index (χ4v) is 5.54. The maximum Gasteiger partial charge on any atom is 0.409 e. The number of ether oxygens (including phenoxy) is 1. The van der Waals surface area contributed by atoms with Gasteiger partial charge in [-0.1, -0.05) is 22.9 Å². The van der Waals surface area contributed by atoms with Crippen molar-refractivity contribution in [2.75, 3.05) is 50.1 Å². The van der Waals surface area contributed by atoms with Gasteiger partial charge >= 0.3 is 12.1 Å². The Labute approximate surface area is 193 Å². The summed E-state index contributed by atoms with van der Waals surface area (Å²) < 4.78 is 4.88. The molecule has 4 heterocycles. The predicted molar refractivity (Wildman–Crippen MR) is 121 cm³/mol. The summed E-state index contributed by atoms with van der Waals surface area (Å²) in [7, 11) is 1.36. The summed E-state index contributed by atoms with van der Waals surface area (Å²) in [6.45, 7) is 2.92. The molecule has 1 aromatic heterocycles. The molecule has 0 saturated carbocycles. The Balaban J connectivity index is 1.36. The highest BCUT2D eigenvalue weighted by Crippen LogP contribution is 2.47. The maximum absolute atomic E-state index is 13.2. The van der Waals surface area contributed by atoms with Gasteiger partial charge in [-0.25, -0.2) is 14.6 Å². The molecule has 2 aromatic rings. The number of halogens is 1. The molecular weight excluding hydrogens is 454 g/mol. The van der Waals surface area contributed by atoms with E-state index in [-0.39, 0.29) is 18.0 Å². The average Bonchev–Trinajstić information content (AvgIpc) is 3.45. The van der Waals surface area contributed by atoms with Gasteiger partial charge in [0, 0.05) is 48.8 Å². The minimum Gasteiger partial charge on any atom is -0.453 e. The van der Waals surface area contributed by atoms with Gasteiger partial charge in [-0.3, -0.25) is 15.0 Å². The minimum absolute atomic E-state index is 0.0526. The van der Waals surface area contributed by atoms with Crippen LogP contribution in [0.4, 0.5) is 20.4 Å². The van der Waals surface area contributed by atoms with Crippen LogP contribution in [0.15, 0.2) is 24.4 Å². The van der Waals surface area contributed by atoms with E-state index >= 15 is 0 Å². The van der Waals surface area contributed by atoms with E-state index in [4.69, 9.17) is 16.3 Å². The first-order valence-corrected chi connectivity index (χ1v) is 11.6. The van der Waals surface area contributed by atoms with Crippen LogP contribution in [0.1, 0.15) is 28.1 Å². The third-order valence-electron chi connectivity index (χ3n) is 6.39. The zero-order valence-electron chi connectivity index (χ0n) is 17.5. The second-order valence-corrected chi connectivity index (χ2v) is 9.74. The van der Waals surface area contributed by atoms with E-state index in [9.17, 15) is 14.4 Å². The molecule has 1 atom stereocenters. The highest BCUT2D eigenvalue weighted by Gasteiger charge is 2.50. The molecule has 168 valence electrons. The third kappa shape index (κ3) is 3.47. The molecule has 1 unspecified atom stereocenters. The van der Waals surface area contributed by atoms with Crippen molar-refractivity contribution in [2.45, 2.75) is 18.3 Å². The number of methoxy groups -OCH3 is 1. The van der Waals surface area contributed by atoms with Crippen molar-refractivity contribution >= 4 is 51.8 Å². The highest BCUT2D eigenvalue weighted by molar-refractivity contribution is 7.17. The first-order chi connectivity index (χ1) is 15.4. The third-order valence-corrected chi connectivity index (χ3v) is 7.52. The van der Waals surface area contributed by atoms with Gasteiger partial charge < -0.3 is 14.5 Å². The van der Waals surface area contributed by atoms with E-state index in [0.29, 0.717) is 41.1 Å². The molecule has 2 fully saturated rings. The number of amides is 4. The number of urea groups is 1. The summed E-state index contributed by atoms with van der Waals surface area (Å²) in [5.41, 5.74) is 1.29. The van der Waals surface area contributed by atoms with Crippen molar-refractivity contribution in [3.05, 3.63) is 39.9 Å². The van der Waals surface area contributed by atoms with Crippen LogP contribution in [0.5, 0.6) is 0 Å². The molecule has 1 N–H and O–H groups in total. The van der Waals surface area contributed by atoms with Gasteiger partial charge in [-0.2, -0.15) is 0 Å². The van der Waals surface area contributed by atoms with Gasteiger partial charge in [-0.15, -0.1) is 0 Å². The lowest BCUT2D eigenvalue weighted by atomic mass is 9.81. The number of fused-ring (bicyclic) bond motifs is 2. The van der Waals surface area contributed by atoms with Crippen LogP contribution in [-0.2, 0) is 10.2 Å². The lowest BCUT2D eigenvalue weighted by Gasteiger charge is -2.30. The number of likely N-dealkylation sites (tertiary alicyclic amines) is 2. The van der Waals surface area contributed by atoms with Crippen molar-refractivity contribution in [2.24, 2.45) is 0 Å². The number of anilines is 2. The van der Waals surface area contributed by atoms with Crippen LogP contribution in [0.25, 0.3) is 0 Å². The van der Waals surface area contributed by atoms with Crippen molar-refractivity contribution in [3.8, 4) is 0 Å². The summed E-state index contributed by atoms with van der Waals surface area (Å²) in [6, 6.07) is 5.12. The molecule has 1 aromatic carbocycles. The fourth-order valence-electron chi connectivity index (χ4n) is 4.59. The predicted octanol–water partition coefficient (Wildman–Crippen LogP) is 3.40. The van der Waals surface area contributed by atoms with Crippen molar-refractivity contribution < 1.29 is 19.1 Å². The summed E-state index contributed by atoms with van der Waals surface area (Å²) >= 11 is 7.44. The van der Waals surface area contributed by atoms with E-state index in [1.165, 1.54) is 24.6 Å². The zero-order chi connectivity index (χ0) is 22.5. The van der Waals surface area contributed by atoms with Crippen molar-refractivity contribution in [1.29, 1.82) is 0 Å². The van der Waals surface area contributed by atoms with Gasteiger partial charge in [0.15, 0.2) is 5.13 Å². The number of nitrogens with zero attached hydrogens (tertiary/aromatic N) is 4. The molecule has 1 spiro atoms. The molecule has 4 amide bonds. The van der Waals surface area contributed by atoms with Gasteiger partial charge in [-0.05, 0) is 36.6 Å². The molecule has 2 saturated heterocycles. The average molecular weight is 476 g/mol. The van der Waals surface area contributed by atoms with E-state index in [1.807, 2.05) is 12.1 Å². The number of nitrogens with one attached hydrogen (secondary N) is 1. The number of benzene rings is 1. The first kappa shape index (κ1) is 21.0. The summed E-state index contributed by atoms with van der Waals surface area (Å²) in [5, 5.41) is 3.78. The molecule has 11 heteroatoms. The first-order valence-electron chi connectivity index (χ1n) is 10.4. The van der Waals surface area contributed by atoms with E-state index in [0.717, 1.165) is 30.8 Å². The largest absolute Gasteiger partial charge is 0.453 e. The van der Waals surface area contributed by atoms with Gasteiger partial charge in [0.25, 0.3) is 5.91 Å². The van der Waals surface area contributed by atoms with Crippen molar-refractivity contribution in [3.63, 3.8) is 0 Å². The number of carbonyl (C=O) groups is 3. The summed E-state index contributed by atoms with van der Waals surface area (Å²) in [5.74, 6) is -0.0526. The van der Waals surface area contributed by atoms with Gasteiger partial charge in [0.2, 0.25) is 0 Å². The molecule has 0 radical (unpaired) electrons. The quantitative estimate of drug-likeness (QED) is 0.718. The lowest BCUT2D eigenvalue weighted by Crippen LogP contribution is -2.41. The Morgan fingerprint density at radius 1 is 1.19 bits per heavy atom. The van der Waals surface area contributed by atoms with Gasteiger partial charge in [0.05, 0.1) is 13.3 Å². The Morgan fingerprint density at radius 2 is 2.00 bits per heavy atom. The van der Waals surface area contributed by atoms with Gasteiger partial charge in [0.1, 0.15) is 4.88 Å². The molecule has 0 bridgehead atoms. The minimum atomic E-state index is -0.409. The van der Waals surface area contributed by atoms with Crippen LogP contribution in [-0.4, -0.2) is 72.6 Å². The molecule has 3 aliphatic heterocycles. The number of aromatic nitrogens is 1. The molecule has 9 nitrogen and oxygen atoms in total. The number of carbonyl (C=O) groups excluding carboxylic acids is 3. The van der Waals surface area contributed by atoms with Crippen LogP contribution in [0.3, 0.4) is 0 Å². The molecule has 3 aliphatic rings. The van der Waals surface area contributed by atoms with Crippen LogP contribution < -0.4 is 10.2 Å². The van der Waals surface area contributed by atoms with Crippen LogP contribution in [0.2, 0.25) is 5.02 Å². The Hall–Kier alpha value is -2.85. The van der Waals surface area contributed by atoms with E-state index in [2.05, 4.69) is 10.3 Å². The van der Waals surface area contributed by atoms with E-state index in [1.54, 1.807) is 20.8 Å². The zero-order valence-corrected chi connectivity index (χ0v) is 19.0. The summed E-state index contributed by atoms with van der Waals surface area (Å²) in [6.07, 6.45) is 2.84. The number of hydrogen-bond acceptors (Lipinski definition) is 6. The highest BCUT2D eigenvalue weighted by atomic mass is 35.5. The molecule has 5 rings (SSSR count). The van der Waals surface area contributed by atoms with Crippen LogP contribution in [0, 0.1) is 0 Å².